The molecule has 0 radical (unpaired) electrons. The summed E-state index contributed by atoms with van der Waals surface area (Å²) in [6.45, 7) is 0. The summed E-state index contributed by atoms with van der Waals surface area (Å²) in [4.78, 5) is 57.7. The van der Waals surface area contributed by atoms with E-state index < -0.39 is 17.3 Å². The molecule has 2 heterocycles. The van der Waals surface area contributed by atoms with Crippen LogP contribution < -0.4 is 4.90 Å². The van der Waals surface area contributed by atoms with Gasteiger partial charge in [-0.15, -0.1) is 0 Å². The molecule has 6 aliphatic carbocycles. The fourth-order valence-corrected chi connectivity index (χ4v) is 9.48. The third kappa shape index (κ3) is 3.07. The summed E-state index contributed by atoms with van der Waals surface area (Å²) in [5.74, 6) is -3.49. The minimum Gasteiger partial charge on any atom is -0.274 e. The SMILES string of the molecule is O=C1[C@@H]2[C@H](C(=O)N1/N=C\C13c4ccccc4C(c4ccccc41)[C@H]1C(=O)N(c4ccc(Br)cc4)C(=O)[C@@H]13)[C@H]1C=C[C@H]2CC1. The van der Waals surface area contributed by atoms with Crippen molar-refractivity contribution in [2.24, 2.45) is 40.6 Å². The zero-order chi connectivity index (χ0) is 29.2. The highest BCUT2D eigenvalue weighted by molar-refractivity contribution is 9.10. The Balaban J connectivity index is 1.24. The molecule has 1 saturated carbocycles. The number of anilines is 1. The van der Waals surface area contributed by atoms with Crippen molar-refractivity contribution >= 4 is 51.5 Å². The molecular weight excluding hydrogens is 606 g/mol. The van der Waals surface area contributed by atoms with Crippen LogP contribution in [0.15, 0.2) is 94.5 Å². The van der Waals surface area contributed by atoms with E-state index in [1.807, 2.05) is 60.7 Å². The Morgan fingerprint density at radius 3 is 1.81 bits per heavy atom. The predicted molar refractivity (Wildman–Crippen MR) is 162 cm³/mol. The number of hydrogen-bond donors (Lipinski definition) is 0. The molecule has 4 amide bonds. The summed E-state index contributed by atoms with van der Waals surface area (Å²) in [6.07, 6.45) is 7.63. The first-order chi connectivity index (χ1) is 20.9. The molecule has 0 N–H and O–H groups in total. The topological polar surface area (TPSA) is 87.1 Å². The number of nitrogens with zero attached hydrogens (tertiary/aromatic N) is 3. The highest BCUT2D eigenvalue weighted by Gasteiger charge is 2.68. The Bertz CT molecular complexity index is 1770. The van der Waals surface area contributed by atoms with Crippen molar-refractivity contribution in [1.82, 2.24) is 5.01 Å². The molecule has 11 rings (SSSR count). The van der Waals surface area contributed by atoms with Gasteiger partial charge in [0.25, 0.3) is 11.8 Å². The Labute approximate surface area is 256 Å². The van der Waals surface area contributed by atoms with Gasteiger partial charge in [-0.25, -0.2) is 4.90 Å². The van der Waals surface area contributed by atoms with Crippen molar-refractivity contribution in [3.05, 3.63) is 112 Å². The Hall–Kier alpha value is -4.17. The largest absolute Gasteiger partial charge is 0.274 e. The summed E-state index contributed by atoms with van der Waals surface area (Å²) in [5, 5.41) is 5.78. The third-order valence-corrected chi connectivity index (χ3v) is 11.4. The summed E-state index contributed by atoms with van der Waals surface area (Å²) in [6, 6.07) is 23.0. The monoisotopic (exact) mass is 631 g/mol. The third-order valence-electron chi connectivity index (χ3n) is 10.9. The van der Waals surface area contributed by atoms with E-state index in [0.717, 1.165) is 44.6 Å². The van der Waals surface area contributed by atoms with E-state index in [2.05, 4.69) is 28.1 Å². The number of amides is 4. The Morgan fingerprint density at radius 2 is 1.26 bits per heavy atom. The van der Waals surface area contributed by atoms with Gasteiger partial charge in [0.2, 0.25) is 11.8 Å². The average Bonchev–Trinajstić information content (AvgIpc) is 3.47. The molecule has 43 heavy (non-hydrogen) atoms. The van der Waals surface area contributed by atoms with E-state index in [-0.39, 0.29) is 53.2 Å². The standard InChI is InChI=1S/C35H26BrN3O4/c36-20-13-15-21(16-14-20)38-31(40)29-28-22-5-1-3-7-24(22)35(30(29)34(38)43,25-8-4-2-6-23(25)28)17-37-39-32(41)26-18-9-10-19(12-11-18)27(26)33(39)42/h1-10,13-19,26-30H,11-12H2/b37-17-/t18-,19-,26-,27+,28?,29+,30+,35?/m0/s1. The summed E-state index contributed by atoms with van der Waals surface area (Å²) < 4.78 is 0.848. The first-order valence-corrected chi connectivity index (χ1v) is 15.6. The Kier molecular flexibility index (Phi) is 5.12. The second-order valence-electron chi connectivity index (χ2n) is 12.6. The van der Waals surface area contributed by atoms with Gasteiger partial charge in [0, 0.05) is 16.6 Å². The molecular formula is C35H26BrN3O4. The number of hydrazone groups is 1. The number of carbonyl (C=O) groups is 4. The first-order valence-electron chi connectivity index (χ1n) is 14.9. The van der Waals surface area contributed by atoms with Crippen molar-refractivity contribution in [1.29, 1.82) is 0 Å². The van der Waals surface area contributed by atoms with Crippen LogP contribution in [0.2, 0.25) is 0 Å². The van der Waals surface area contributed by atoms with E-state index in [1.54, 1.807) is 18.3 Å². The lowest BCUT2D eigenvalue weighted by atomic mass is 9.47. The van der Waals surface area contributed by atoms with Gasteiger partial charge >= 0.3 is 0 Å². The zero-order valence-corrected chi connectivity index (χ0v) is 24.6. The molecule has 212 valence electrons. The second kappa shape index (κ2) is 8.69. The molecule has 2 aliphatic heterocycles. The minimum absolute atomic E-state index is 0.0502. The van der Waals surface area contributed by atoms with Crippen LogP contribution in [0.3, 0.4) is 0 Å². The molecule has 2 saturated heterocycles. The number of hydrogen-bond acceptors (Lipinski definition) is 5. The molecule has 3 fully saturated rings. The Morgan fingerprint density at radius 1 is 0.698 bits per heavy atom. The van der Waals surface area contributed by atoms with Crippen molar-refractivity contribution < 1.29 is 19.2 Å². The molecule has 0 aromatic heterocycles. The highest BCUT2D eigenvalue weighted by Crippen LogP contribution is 2.64. The van der Waals surface area contributed by atoms with Gasteiger partial charge in [-0.1, -0.05) is 76.6 Å². The van der Waals surface area contributed by atoms with E-state index in [0.29, 0.717) is 5.69 Å². The van der Waals surface area contributed by atoms with Crippen LogP contribution in [0.1, 0.15) is 41.0 Å². The van der Waals surface area contributed by atoms with Crippen molar-refractivity contribution in [2.45, 2.75) is 24.2 Å². The van der Waals surface area contributed by atoms with Crippen LogP contribution >= 0.6 is 15.9 Å². The average molecular weight is 633 g/mol. The van der Waals surface area contributed by atoms with Gasteiger partial charge in [-0.3, -0.25) is 19.2 Å². The number of allylic oxidation sites excluding steroid dienone is 2. The van der Waals surface area contributed by atoms with E-state index in [9.17, 15) is 19.2 Å². The molecule has 0 unspecified atom stereocenters. The predicted octanol–water partition coefficient (Wildman–Crippen LogP) is 5.18. The lowest BCUT2D eigenvalue weighted by molar-refractivity contribution is -0.140. The van der Waals surface area contributed by atoms with Crippen LogP contribution in [-0.4, -0.2) is 34.9 Å². The molecule has 3 aromatic carbocycles. The second-order valence-corrected chi connectivity index (χ2v) is 13.5. The summed E-state index contributed by atoms with van der Waals surface area (Å²) in [7, 11) is 0. The first kappa shape index (κ1) is 25.3. The summed E-state index contributed by atoms with van der Waals surface area (Å²) in [5.41, 5.74) is 3.10. The number of imide groups is 2. The lowest BCUT2D eigenvalue weighted by Crippen LogP contribution is -2.55. The van der Waals surface area contributed by atoms with E-state index in [1.165, 1.54) is 4.90 Å². The number of carbonyl (C=O) groups excluding carboxylic acids is 4. The number of rotatable bonds is 3. The van der Waals surface area contributed by atoms with E-state index >= 15 is 0 Å². The smallest absolute Gasteiger partial charge is 0.254 e. The molecule has 7 nitrogen and oxygen atoms in total. The minimum atomic E-state index is -1.14. The molecule has 6 atom stereocenters. The maximum atomic E-state index is 14.6. The van der Waals surface area contributed by atoms with Gasteiger partial charge in [0.15, 0.2) is 0 Å². The lowest BCUT2D eigenvalue weighted by Gasteiger charge is -2.52. The molecule has 4 bridgehead atoms. The molecule has 0 spiro atoms. The quantitative estimate of drug-likeness (QED) is 0.226. The van der Waals surface area contributed by atoms with Crippen LogP contribution in [0.5, 0.6) is 0 Å². The maximum Gasteiger partial charge on any atom is 0.254 e. The fraction of sp³-hybridized carbons (Fsp3) is 0.286. The van der Waals surface area contributed by atoms with Crippen LogP contribution in [0.4, 0.5) is 5.69 Å². The van der Waals surface area contributed by atoms with Gasteiger partial charge in [-0.2, -0.15) is 10.1 Å². The fourth-order valence-electron chi connectivity index (χ4n) is 9.22. The van der Waals surface area contributed by atoms with Gasteiger partial charge in [-0.05, 0) is 71.2 Å². The van der Waals surface area contributed by atoms with Crippen LogP contribution in [-0.2, 0) is 24.6 Å². The van der Waals surface area contributed by atoms with Gasteiger partial charge in [0.1, 0.15) is 0 Å². The van der Waals surface area contributed by atoms with Gasteiger partial charge < -0.3 is 0 Å². The zero-order valence-electron chi connectivity index (χ0n) is 23.0. The van der Waals surface area contributed by atoms with Gasteiger partial charge in [0.05, 0.1) is 34.8 Å². The van der Waals surface area contributed by atoms with Crippen LogP contribution in [0.25, 0.3) is 0 Å². The number of benzene rings is 3. The summed E-state index contributed by atoms with van der Waals surface area (Å²) >= 11 is 3.45. The molecule has 8 heteroatoms. The van der Waals surface area contributed by atoms with Crippen molar-refractivity contribution in [2.75, 3.05) is 4.90 Å². The van der Waals surface area contributed by atoms with Crippen LogP contribution in [0, 0.1) is 35.5 Å². The molecule has 3 aromatic rings. The maximum absolute atomic E-state index is 14.6. The highest BCUT2D eigenvalue weighted by atomic mass is 79.9. The van der Waals surface area contributed by atoms with E-state index in [4.69, 9.17) is 5.10 Å². The van der Waals surface area contributed by atoms with Crippen molar-refractivity contribution in [3.8, 4) is 0 Å². The number of fused-ring (bicyclic) bond motifs is 1. The van der Waals surface area contributed by atoms with Crippen molar-refractivity contribution in [3.63, 3.8) is 0 Å². The number of halogens is 1. The molecule has 8 aliphatic rings. The normalized spacial score (nSPS) is 34.7.